The number of rotatable bonds is 3. The third-order valence-electron chi connectivity index (χ3n) is 3.41. The Morgan fingerprint density at radius 1 is 1.44 bits per heavy atom. The summed E-state index contributed by atoms with van der Waals surface area (Å²) in [5, 5.41) is 0.600. The number of benzene rings is 1. The fourth-order valence-electron chi connectivity index (χ4n) is 2.28. The van der Waals surface area contributed by atoms with Crippen LogP contribution in [0.4, 0.5) is 4.39 Å². The molecule has 0 atom stereocenters. The van der Waals surface area contributed by atoms with Crippen LogP contribution >= 0.6 is 11.6 Å². The van der Waals surface area contributed by atoms with Gasteiger partial charge in [-0.1, -0.05) is 11.6 Å². The van der Waals surface area contributed by atoms with Crippen LogP contribution in [0.3, 0.4) is 0 Å². The van der Waals surface area contributed by atoms with Crippen molar-refractivity contribution in [2.24, 2.45) is 0 Å². The number of nitrogens with zero attached hydrogens (tertiary/aromatic N) is 1. The maximum atomic E-state index is 13.2. The zero-order valence-electron chi connectivity index (χ0n) is 10.4. The van der Waals surface area contributed by atoms with Gasteiger partial charge in [-0.15, -0.1) is 0 Å². The number of hydrogen-bond acceptors (Lipinski definition) is 2. The van der Waals surface area contributed by atoms with Gasteiger partial charge in [0.1, 0.15) is 5.82 Å². The highest BCUT2D eigenvalue weighted by Gasteiger charge is 2.22. The Bertz CT molecular complexity index is 445. The Morgan fingerprint density at radius 2 is 2.11 bits per heavy atom. The van der Waals surface area contributed by atoms with Crippen LogP contribution in [0.15, 0.2) is 18.2 Å². The van der Waals surface area contributed by atoms with Crippen molar-refractivity contribution in [1.82, 2.24) is 4.90 Å². The number of halogens is 2. The highest BCUT2D eigenvalue weighted by Crippen LogP contribution is 2.22. The Kier molecular flexibility index (Phi) is 4.76. The lowest BCUT2D eigenvalue weighted by Crippen LogP contribution is -2.37. The van der Waals surface area contributed by atoms with E-state index in [-0.39, 0.29) is 5.82 Å². The van der Waals surface area contributed by atoms with E-state index in [1.807, 2.05) is 7.05 Å². The topological polar surface area (TPSA) is 20.3 Å². The van der Waals surface area contributed by atoms with Gasteiger partial charge in [0.25, 0.3) is 0 Å². The Labute approximate surface area is 115 Å². The van der Waals surface area contributed by atoms with Crippen molar-refractivity contribution in [2.75, 3.05) is 18.6 Å². The van der Waals surface area contributed by atoms with Crippen LogP contribution < -0.4 is 0 Å². The molecule has 0 radical (unpaired) electrons. The van der Waals surface area contributed by atoms with Crippen LogP contribution in [0.2, 0.25) is 5.02 Å². The summed E-state index contributed by atoms with van der Waals surface area (Å²) in [5.74, 6) is 1.28. The van der Waals surface area contributed by atoms with Gasteiger partial charge < -0.3 is 0 Å². The molecule has 1 saturated heterocycles. The smallest absolute Gasteiger partial charge is 0.123 e. The van der Waals surface area contributed by atoms with Crippen molar-refractivity contribution < 1.29 is 8.60 Å². The van der Waals surface area contributed by atoms with Crippen molar-refractivity contribution in [1.29, 1.82) is 0 Å². The molecule has 0 saturated carbocycles. The molecule has 0 spiro atoms. The van der Waals surface area contributed by atoms with Crippen LogP contribution in [0.25, 0.3) is 0 Å². The average molecular weight is 290 g/mol. The van der Waals surface area contributed by atoms with E-state index in [1.165, 1.54) is 12.1 Å². The van der Waals surface area contributed by atoms with Crippen molar-refractivity contribution >= 4 is 22.4 Å². The van der Waals surface area contributed by atoms with Crippen LogP contribution in [-0.2, 0) is 17.3 Å². The molecule has 2 rings (SSSR count). The number of hydrogen-bond donors (Lipinski definition) is 0. The van der Waals surface area contributed by atoms with Crippen LogP contribution in [0.1, 0.15) is 18.4 Å². The summed E-state index contributed by atoms with van der Waals surface area (Å²) in [7, 11) is 1.37. The van der Waals surface area contributed by atoms with Crippen LogP contribution in [-0.4, -0.2) is 33.7 Å². The molecule has 0 N–H and O–H groups in total. The zero-order chi connectivity index (χ0) is 13.1. The highest BCUT2D eigenvalue weighted by molar-refractivity contribution is 7.85. The van der Waals surface area contributed by atoms with Crippen molar-refractivity contribution in [3.05, 3.63) is 34.6 Å². The first kappa shape index (κ1) is 14.0. The molecule has 100 valence electrons. The van der Waals surface area contributed by atoms with Gasteiger partial charge in [-0.05, 0) is 43.7 Å². The Hall–Kier alpha value is -0.450. The minimum absolute atomic E-state index is 0.257. The lowest BCUT2D eigenvalue weighted by Gasteiger charge is -2.31. The second-order valence-corrected chi connectivity index (χ2v) is 6.83. The minimum Gasteiger partial charge on any atom is -0.299 e. The first-order chi connectivity index (χ1) is 8.56. The molecule has 0 bridgehead atoms. The predicted octanol–water partition coefficient (Wildman–Crippen LogP) is 2.82. The fraction of sp³-hybridized carbons (Fsp3) is 0.538. The SMILES string of the molecule is CN(Cc1cc(F)ccc1Cl)C1CCS(=O)CC1. The fourth-order valence-corrected chi connectivity index (χ4v) is 3.74. The third-order valence-corrected chi connectivity index (χ3v) is 5.16. The maximum Gasteiger partial charge on any atom is 0.123 e. The summed E-state index contributed by atoms with van der Waals surface area (Å²) in [6.07, 6.45) is 1.88. The molecule has 5 heteroatoms. The molecule has 0 aliphatic carbocycles. The van der Waals surface area contributed by atoms with Gasteiger partial charge in [-0.3, -0.25) is 9.11 Å². The van der Waals surface area contributed by atoms with E-state index < -0.39 is 10.8 Å². The molecule has 0 unspecified atom stereocenters. The lowest BCUT2D eigenvalue weighted by molar-refractivity contribution is 0.220. The summed E-state index contributed by atoms with van der Waals surface area (Å²) in [4.78, 5) is 2.18. The predicted molar refractivity (Wildman–Crippen MR) is 73.8 cm³/mol. The van der Waals surface area contributed by atoms with E-state index in [1.54, 1.807) is 6.07 Å². The van der Waals surface area contributed by atoms with E-state index in [9.17, 15) is 8.60 Å². The molecular formula is C13H17ClFNOS. The first-order valence-electron chi connectivity index (χ1n) is 6.05. The standard InChI is InChI=1S/C13H17ClFNOS/c1-16(12-4-6-18(17)7-5-12)9-10-8-11(15)2-3-13(10)14/h2-3,8,12H,4-7,9H2,1H3. The second-order valence-electron chi connectivity index (χ2n) is 4.73. The van der Waals surface area contributed by atoms with E-state index in [2.05, 4.69) is 4.90 Å². The molecule has 1 heterocycles. The van der Waals surface area contributed by atoms with Crippen molar-refractivity contribution in [3.63, 3.8) is 0 Å². The zero-order valence-corrected chi connectivity index (χ0v) is 11.9. The van der Waals surface area contributed by atoms with E-state index in [0.29, 0.717) is 17.6 Å². The first-order valence-corrected chi connectivity index (χ1v) is 7.92. The van der Waals surface area contributed by atoms with Crippen LogP contribution in [0, 0.1) is 5.82 Å². The molecule has 1 aromatic rings. The van der Waals surface area contributed by atoms with E-state index in [0.717, 1.165) is 29.9 Å². The van der Waals surface area contributed by atoms with Gasteiger partial charge in [-0.25, -0.2) is 4.39 Å². The maximum absolute atomic E-state index is 13.2. The molecule has 0 aromatic heterocycles. The van der Waals surface area contributed by atoms with Gasteiger partial charge in [0.05, 0.1) is 0 Å². The summed E-state index contributed by atoms with van der Waals surface area (Å²) in [6.45, 7) is 0.633. The van der Waals surface area contributed by atoms with Gasteiger partial charge in [0.2, 0.25) is 0 Å². The van der Waals surface area contributed by atoms with Crippen molar-refractivity contribution in [3.8, 4) is 0 Å². The highest BCUT2D eigenvalue weighted by atomic mass is 35.5. The summed E-state index contributed by atoms with van der Waals surface area (Å²) >= 11 is 6.06. The van der Waals surface area contributed by atoms with E-state index >= 15 is 0 Å². The molecule has 0 amide bonds. The minimum atomic E-state index is -0.645. The molecule has 1 aliphatic heterocycles. The summed E-state index contributed by atoms with van der Waals surface area (Å²) in [5.41, 5.74) is 0.811. The average Bonchev–Trinajstić information content (AvgIpc) is 2.34. The molecule has 2 nitrogen and oxygen atoms in total. The van der Waals surface area contributed by atoms with E-state index in [4.69, 9.17) is 11.6 Å². The van der Waals surface area contributed by atoms with Gasteiger partial charge in [0, 0.05) is 39.9 Å². The second kappa shape index (κ2) is 6.13. The molecular weight excluding hydrogens is 273 g/mol. The van der Waals surface area contributed by atoms with Crippen molar-refractivity contribution in [2.45, 2.75) is 25.4 Å². The summed E-state index contributed by atoms with van der Waals surface area (Å²) < 4.78 is 24.5. The lowest BCUT2D eigenvalue weighted by atomic mass is 10.1. The molecule has 1 aliphatic rings. The Morgan fingerprint density at radius 3 is 2.78 bits per heavy atom. The summed E-state index contributed by atoms with van der Waals surface area (Å²) in [6, 6.07) is 4.87. The normalized spacial score (nSPS) is 24.4. The molecule has 1 fully saturated rings. The largest absolute Gasteiger partial charge is 0.299 e. The molecule has 18 heavy (non-hydrogen) atoms. The molecule has 1 aromatic carbocycles. The van der Waals surface area contributed by atoms with Gasteiger partial charge in [-0.2, -0.15) is 0 Å². The third kappa shape index (κ3) is 3.53. The van der Waals surface area contributed by atoms with Crippen LogP contribution in [0.5, 0.6) is 0 Å². The van der Waals surface area contributed by atoms with Gasteiger partial charge in [0.15, 0.2) is 0 Å². The monoisotopic (exact) mass is 289 g/mol. The Balaban J connectivity index is 2.00. The quantitative estimate of drug-likeness (QED) is 0.853. The van der Waals surface area contributed by atoms with Gasteiger partial charge >= 0.3 is 0 Å².